The van der Waals surface area contributed by atoms with Crippen molar-refractivity contribution in [3.63, 3.8) is 0 Å². The van der Waals surface area contributed by atoms with Crippen molar-refractivity contribution in [2.24, 2.45) is 0 Å². The highest BCUT2D eigenvalue weighted by molar-refractivity contribution is 5.84. The lowest BCUT2D eigenvalue weighted by atomic mass is 10.4. The smallest absolute Gasteiger partial charge is 0.360 e. The molecule has 0 saturated carbocycles. The highest BCUT2D eigenvalue weighted by Gasteiger charge is 2.35. The van der Waals surface area contributed by atoms with Crippen molar-refractivity contribution in [1.82, 2.24) is 9.96 Å². The number of hydrogen-bond acceptors (Lipinski definition) is 7. The summed E-state index contributed by atoms with van der Waals surface area (Å²) in [6, 6.07) is -0.929. The van der Waals surface area contributed by atoms with E-state index in [4.69, 9.17) is 5.11 Å². The molecule has 2 N–H and O–H groups in total. The van der Waals surface area contributed by atoms with Crippen molar-refractivity contribution < 1.29 is 34.2 Å². The number of esters is 1. The Bertz CT molecular complexity index is 421. The molecule has 1 aliphatic heterocycles. The summed E-state index contributed by atoms with van der Waals surface area (Å²) in [5.41, 5.74) is 0. The van der Waals surface area contributed by atoms with Gasteiger partial charge < -0.3 is 19.8 Å². The van der Waals surface area contributed by atoms with Crippen LogP contribution in [0, 0.1) is 0 Å². The van der Waals surface area contributed by atoms with Crippen molar-refractivity contribution >= 4 is 18.0 Å². The molecule has 1 heterocycles. The topological polar surface area (TPSA) is 117 Å². The molecule has 0 fully saturated rings. The summed E-state index contributed by atoms with van der Waals surface area (Å²) in [6.07, 6.45) is -0.683. The minimum atomic E-state index is -1.81. The van der Waals surface area contributed by atoms with E-state index < -0.39 is 30.3 Å². The van der Waals surface area contributed by atoms with Crippen molar-refractivity contribution in [3.8, 4) is 0 Å². The molecule has 20 heavy (non-hydrogen) atoms. The maximum absolute atomic E-state index is 11.9. The third kappa shape index (κ3) is 3.68. The Kier molecular flexibility index (Phi) is 5.47. The summed E-state index contributed by atoms with van der Waals surface area (Å²) >= 11 is 0. The molecule has 2 atom stereocenters. The number of amides is 2. The number of carbonyl (C=O) groups is 3. The van der Waals surface area contributed by atoms with Crippen molar-refractivity contribution in [3.05, 3.63) is 12.3 Å². The Morgan fingerprint density at radius 2 is 2.05 bits per heavy atom. The molecule has 0 bridgehead atoms. The van der Waals surface area contributed by atoms with Gasteiger partial charge in [0.2, 0.25) is 6.23 Å². The molecule has 0 aliphatic carbocycles. The minimum Gasteiger partial charge on any atom is -0.463 e. The Labute approximate surface area is 114 Å². The molecule has 0 aromatic heterocycles. The number of rotatable bonds is 5. The van der Waals surface area contributed by atoms with Gasteiger partial charge in [0.25, 0.3) is 0 Å². The third-order valence-corrected chi connectivity index (χ3v) is 2.30. The Balaban J connectivity index is 2.74. The molecule has 0 aromatic carbocycles. The number of hydroxylamine groups is 2. The van der Waals surface area contributed by atoms with Crippen LogP contribution >= 0.6 is 0 Å². The number of ether oxygens (including phenoxy) is 1. The van der Waals surface area contributed by atoms with Crippen LogP contribution in [0.15, 0.2) is 12.3 Å². The van der Waals surface area contributed by atoms with Crippen LogP contribution in [-0.2, 0) is 19.2 Å². The van der Waals surface area contributed by atoms with Gasteiger partial charge in [-0.1, -0.05) is 0 Å². The van der Waals surface area contributed by atoms with Crippen LogP contribution in [0.4, 0.5) is 4.79 Å². The first-order valence-electron chi connectivity index (χ1n) is 5.89. The van der Waals surface area contributed by atoms with Crippen LogP contribution in [0.3, 0.4) is 0 Å². The van der Waals surface area contributed by atoms with E-state index in [1.165, 1.54) is 13.0 Å². The largest absolute Gasteiger partial charge is 0.463 e. The van der Waals surface area contributed by atoms with E-state index in [1.54, 1.807) is 6.92 Å². The second kappa shape index (κ2) is 6.87. The monoisotopic (exact) mass is 288 g/mol. The van der Waals surface area contributed by atoms with Crippen LogP contribution in [-0.4, -0.2) is 63.6 Å². The van der Waals surface area contributed by atoms with Gasteiger partial charge in [-0.2, -0.15) is 0 Å². The first-order valence-corrected chi connectivity index (χ1v) is 5.89. The van der Waals surface area contributed by atoms with Crippen LogP contribution in [0.25, 0.3) is 0 Å². The summed E-state index contributed by atoms with van der Waals surface area (Å²) in [5.74, 6) is -2.03. The van der Waals surface area contributed by atoms with Gasteiger partial charge in [-0.15, -0.1) is 5.06 Å². The van der Waals surface area contributed by atoms with Crippen LogP contribution in [0.2, 0.25) is 0 Å². The van der Waals surface area contributed by atoms with E-state index in [2.05, 4.69) is 9.57 Å². The zero-order valence-corrected chi connectivity index (χ0v) is 11.1. The van der Waals surface area contributed by atoms with Gasteiger partial charge in [0.1, 0.15) is 0 Å². The number of nitrogens with zero attached hydrogens (tertiary/aromatic N) is 2. The molecule has 0 saturated heterocycles. The van der Waals surface area contributed by atoms with E-state index in [1.807, 2.05) is 0 Å². The van der Waals surface area contributed by atoms with Crippen LogP contribution in [0.5, 0.6) is 0 Å². The molecular weight excluding hydrogens is 272 g/mol. The van der Waals surface area contributed by atoms with Gasteiger partial charge in [-0.3, -0.25) is 4.90 Å². The van der Waals surface area contributed by atoms with Crippen molar-refractivity contribution in [2.75, 3.05) is 13.2 Å². The molecule has 112 valence electrons. The molecule has 1 aliphatic rings. The summed E-state index contributed by atoms with van der Waals surface area (Å²) < 4.78 is 4.59. The maximum atomic E-state index is 11.9. The fourth-order valence-corrected chi connectivity index (χ4v) is 1.32. The molecule has 0 spiro atoms. The molecule has 0 aromatic rings. The SMILES string of the molecule is CCOC(=O)C(O)N1CC=CN(OC(=O)C(C)O)C1=O. The van der Waals surface area contributed by atoms with E-state index >= 15 is 0 Å². The summed E-state index contributed by atoms with van der Waals surface area (Å²) in [6.45, 7) is 2.72. The summed E-state index contributed by atoms with van der Waals surface area (Å²) in [5, 5.41) is 19.2. The third-order valence-electron chi connectivity index (χ3n) is 2.30. The molecule has 1 rings (SSSR count). The van der Waals surface area contributed by atoms with Gasteiger partial charge in [0, 0.05) is 12.7 Å². The van der Waals surface area contributed by atoms with E-state index in [0.717, 1.165) is 11.1 Å². The predicted octanol–water partition coefficient (Wildman–Crippen LogP) is -1.04. The quantitative estimate of drug-likeness (QED) is 0.620. The molecule has 2 amide bonds. The average molecular weight is 288 g/mol. The normalized spacial score (nSPS) is 17.7. The average Bonchev–Trinajstić information content (AvgIpc) is 2.40. The van der Waals surface area contributed by atoms with Gasteiger partial charge in [-0.25, -0.2) is 14.4 Å². The fourth-order valence-electron chi connectivity index (χ4n) is 1.32. The first-order chi connectivity index (χ1) is 9.38. The maximum Gasteiger partial charge on any atom is 0.360 e. The van der Waals surface area contributed by atoms with Gasteiger partial charge in [0.05, 0.1) is 6.61 Å². The highest BCUT2D eigenvalue weighted by Crippen LogP contribution is 2.12. The summed E-state index contributed by atoms with van der Waals surface area (Å²) in [7, 11) is 0. The molecule has 2 unspecified atom stereocenters. The fraction of sp³-hybridized carbons (Fsp3) is 0.545. The molecule has 9 heteroatoms. The van der Waals surface area contributed by atoms with E-state index in [0.29, 0.717) is 5.06 Å². The lowest BCUT2D eigenvalue weighted by Crippen LogP contribution is -2.53. The second-order valence-corrected chi connectivity index (χ2v) is 3.86. The molecule has 9 nitrogen and oxygen atoms in total. The van der Waals surface area contributed by atoms with Crippen LogP contribution in [0.1, 0.15) is 13.8 Å². The summed E-state index contributed by atoms with van der Waals surface area (Å²) in [4.78, 5) is 39.8. The predicted molar refractivity (Wildman–Crippen MR) is 63.5 cm³/mol. The second-order valence-electron chi connectivity index (χ2n) is 3.86. The van der Waals surface area contributed by atoms with E-state index in [-0.39, 0.29) is 13.2 Å². The first kappa shape index (κ1) is 15.9. The Morgan fingerprint density at radius 1 is 1.40 bits per heavy atom. The minimum absolute atomic E-state index is 0.0501. The molecule has 0 radical (unpaired) electrons. The van der Waals surface area contributed by atoms with Gasteiger partial charge >= 0.3 is 18.0 Å². The Morgan fingerprint density at radius 3 is 2.60 bits per heavy atom. The van der Waals surface area contributed by atoms with Crippen LogP contribution < -0.4 is 0 Å². The number of aliphatic hydroxyl groups excluding tert-OH is 2. The van der Waals surface area contributed by atoms with Crippen molar-refractivity contribution in [1.29, 1.82) is 0 Å². The highest BCUT2D eigenvalue weighted by atomic mass is 16.7. The number of carbonyl (C=O) groups excluding carboxylic acids is 3. The van der Waals surface area contributed by atoms with E-state index in [9.17, 15) is 19.5 Å². The lowest BCUT2D eigenvalue weighted by molar-refractivity contribution is -0.182. The van der Waals surface area contributed by atoms with Gasteiger partial charge in [0.15, 0.2) is 6.10 Å². The lowest BCUT2D eigenvalue weighted by Gasteiger charge is -2.32. The standard InChI is InChI=1S/C11H16N2O7/c1-3-19-10(17)8(15)12-5-4-6-13(11(12)18)20-9(16)7(2)14/h4,6-8,14-15H,3,5H2,1-2H3. The molecular formula is C11H16N2O7. The number of aliphatic hydroxyl groups is 2. The number of hydrogen-bond donors (Lipinski definition) is 2. The zero-order valence-electron chi connectivity index (χ0n) is 11.1. The zero-order chi connectivity index (χ0) is 15.3. The van der Waals surface area contributed by atoms with Crippen molar-refractivity contribution in [2.45, 2.75) is 26.2 Å². The number of urea groups is 1. The van der Waals surface area contributed by atoms with Gasteiger partial charge in [-0.05, 0) is 19.9 Å². The Hall–Kier alpha value is -2.13.